The molecule has 4 nitrogen and oxygen atoms in total. The van der Waals surface area contributed by atoms with E-state index in [1.165, 1.54) is 51.4 Å². The van der Waals surface area contributed by atoms with Crippen LogP contribution >= 0.6 is 0 Å². The SMILES string of the molecule is CCCCN(CCCC)/N=N\N(CCCC)CCCC. The van der Waals surface area contributed by atoms with Crippen molar-refractivity contribution in [1.29, 1.82) is 0 Å². The molecule has 0 aliphatic heterocycles. The Hall–Kier alpha value is -0.800. The normalized spacial score (nSPS) is 11.2. The molecule has 0 heterocycles. The van der Waals surface area contributed by atoms with Gasteiger partial charge in [-0.1, -0.05) is 63.8 Å². The topological polar surface area (TPSA) is 31.2 Å². The van der Waals surface area contributed by atoms with Gasteiger partial charge in [0.2, 0.25) is 0 Å². The molecule has 0 unspecified atom stereocenters. The summed E-state index contributed by atoms with van der Waals surface area (Å²) in [5, 5.41) is 13.3. The Kier molecular flexibility index (Phi) is 14.0. The third-order valence-corrected chi connectivity index (χ3v) is 3.37. The van der Waals surface area contributed by atoms with Gasteiger partial charge in [0.25, 0.3) is 0 Å². The third kappa shape index (κ3) is 11.1. The average Bonchev–Trinajstić information content (AvgIpc) is 2.48. The molecule has 0 bridgehead atoms. The van der Waals surface area contributed by atoms with Crippen molar-refractivity contribution in [3.05, 3.63) is 0 Å². The molecular weight excluding hydrogens is 248 g/mol. The predicted octanol–water partition coefficient (Wildman–Crippen LogP) is 5.07. The highest BCUT2D eigenvalue weighted by atomic mass is 15.7. The minimum Gasteiger partial charge on any atom is -0.277 e. The second-order valence-corrected chi connectivity index (χ2v) is 5.50. The molecule has 0 N–H and O–H groups in total. The van der Waals surface area contributed by atoms with Crippen LogP contribution in [-0.4, -0.2) is 36.2 Å². The number of hydrogen-bond donors (Lipinski definition) is 0. The lowest BCUT2D eigenvalue weighted by Gasteiger charge is -2.21. The Bertz CT molecular complexity index is 181. The molecule has 0 aromatic rings. The Morgan fingerprint density at radius 1 is 0.500 bits per heavy atom. The van der Waals surface area contributed by atoms with Gasteiger partial charge in [0, 0.05) is 26.2 Å². The molecule has 0 amide bonds. The molecule has 0 aromatic carbocycles. The zero-order valence-electron chi connectivity index (χ0n) is 14.3. The molecule has 0 aromatic heterocycles. The second-order valence-electron chi connectivity index (χ2n) is 5.50. The minimum atomic E-state index is 1.04. The van der Waals surface area contributed by atoms with Crippen LogP contribution in [0.3, 0.4) is 0 Å². The summed E-state index contributed by atoms with van der Waals surface area (Å²) in [7, 11) is 0. The summed E-state index contributed by atoms with van der Waals surface area (Å²) in [5.41, 5.74) is 0. The molecule has 0 saturated heterocycles. The van der Waals surface area contributed by atoms with Crippen LogP contribution in [0.5, 0.6) is 0 Å². The van der Waals surface area contributed by atoms with Crippen LogP contribution in [0.15, 0.2) is 10.4 Å². The van der Waals surface area contributed by atoms with Crippen LogP contribution in [-0.2, 0) is 0 Å². The highest BCUT2D eigenvalue weighted by molar-refractivity contribution is 4.53. The maximum atomic E-state index is 4.49. The van der Waals surface area contributed by atoms with Gasteiger partial charge in [-0.05, 0) is 25.7 Å². The Morgan fingerprint density at radius 3 is 0.950 bits per heavy atom. The van der Waals surface area contributed by atoms with Crippen molar-refractivity contribution in [3.63, 3.8) is 0 Å². The molecule has 0 aliphatic rings. The van der Waals surface area contributed by atoms with E-state index < -0.39 is 0 Å². The molecule has 0 saturated carbocycles. The maximum Gasteiger partial charge on any atom is 0.0377 e. The molecule has 0 radical (unpaired) electrons. The molecule has 0 aliphatic carbocycles. The number of nitrogens with zero attached hydrogens (tertiary/aromatic N) is 4. The van der Waals surface area contributed by atoms with Crippen molar-refractivity contribution in [2.45, 2.75) is 79.1 Å². The van der Waals surface area contributed by atoms with Crippen molar-refractivity contribution in [2.24, 2.45) is 10.4 Å². The van der Waals surface area contributed by atoms with Gasteiger partial charge < -0.3 is 0 Å². The van der Waals surface area contributed by atoms with Crippen molar-refractivity contribution >= 4 is 0 Å². The molecule has 0 atom stereocenters. The molecule has 20 heavy (non-hydrogen) atoms. The van der Waals surface area contributed by atoms with Crippen LogP contribution in [0.25, 0.3) is 0 Å². The Morgan fingerprint density at radius 2 is 0.750 bits per heavy atom. The summed E-state index contributed by atoms with van der Waals surface area (Å²) < 4.78 is 0. The molecular formula is C16H36N4. The fourth-order valence-corrected chi connectivity index (χ4v) is 1.88. The van der Waals surface area contributed by atoms with E-state index in [0.29, 0.717) is 0 Å². The highest BCUT2D eigenvalue weighted by Gasteiger charge is 2.03. The van der Waals surface area contributed by atoms with E-state index in [2.05, 4.69) is 48.2 Å². The first kappa shape index (κ1) is 19.2. The van der Waals surface area contributed by atoms with E-state index in [1.807, 2.05) is 0 Å². The van der Waals surface area contributed by atoms with Gasteiger partial charge in [-0.15, -0.1) is 0 Å². The largest absolute Gasteiger partial charge is 0.277 e. The zero-order chi connectivity index (χ0) is 15.1. The van der Waals surface area contributed by atoms with E-state index in [-0.39, 0.29) is 0 Å². The van der Waals surface area contributed by atoms with E-state index in [0.717, 1.165) is 26.2 Å². The second kappa shape index (κ2) is 14.6. The average molecular weight is 284 g/mol. The lowest BCUT2D eigenvalue weighted by Crippen LogP contribution is -2.24. The Labute approximate surface area is 126 Å². The number of rotatable bonds is 14. The summed E-state index contributed by atoms with van der Waals surface area (Å²) in [6.45, 7) is 13.1. The van der Waals surface area contributed by atoms with Crippen LogP contribution in [0.4, 0.5) is 0 Å². The van der Waals surface area contributed by atoms with E-state index in [1.54, 1.807) is 0 Å². The maximum absolute atomic E-state index is 4.49. The molecule has 4 heteroatoms. The van der Waals surface area contributed by atoms with Gasteiger partial charge in [-0.25, -0.2) is 0 Å². The van der Waals surface area contributed by atoms with Crippen molar-refractivity contribution in [1.82, 2.24) is 10.0 Å². The van der Waals surface area contributed by atoms with Gasteiger partial charge in [0.15, 0.2) is 0 Å². The monoisotopic (exact) mass is 284 g/mol. The number of hydrogen-bond acceptors (Lipinski definition) is 2. The van der Waals surface area contributed by atoms with Gasteiger partial charge >= 0.3 is 0 Å². The van der Waals surface area contributed by atoms with Crippen molar-refractivity contribution in [2.75, 3.05) is 26.2 Å². The first-order valence-corrected chi connectivity index (χ1v) is 8.69. The summed E-state index contributed by atoms with van der Waals surface area (Å²) >= 11 is 0. The molecule has 0 rings (SSSR count). The fraction of sp³-hybridized carbons (Fsp3) is 1.00. The summed E-state index contributed by atoms with van der Waals surface area (Å²) in [4.78, 5) is 0. The van der Waals surface area contributed by atoms with Gasteiger partial charge in [0.05, 0.1) is 0 Å². The molecule has 120 valence electrons. The molecule has 0 spiro atoms. The fourth-order valence-electron chi connectivity index (χ4n) is 1.88. The van der Waals surface area contributed by atoms with Gasteiger partial charge in [-0.3, -0.25) is 10.0 Å². The van der Waals surface area contributed by atoms with Gasteiger partial charge in [-0.2, -0.15) is 0 Å². The Balaban J connectivity index is 4.30. The first-order valence-electron chi connectivity index (χ1n) is 8.69. The lowest BCUT2D eigenvalue weighted by atomic mass is 10.3. The third-order valence-electron chi connectivity index (χ3n) is 3.37. The van der Waals surface area contributed by atoms with Crippen molar-refractivity contribution in [3.8, 4) is 0 Å². The van der Waals surface area contributed by atoms with Gasteiger partial charge in [0.1, 0.15) is 0 Å². The minimum absolute atomic E-state index is 1.04. The van der Waals surface area contributed by atoms with E-state index in [4.69, 9.17) is 0 Å². The summed E-state index contributed by atoms with van der Waals surface area (Å²) in [6.07, 6.45) is 9.67. The van der Waals surface area contributed by atoms with Crippen LogP contribution in [0.2, 0.25) is 0 Å². The summed E-state index contributed by atoms with van der Waals surface area (Å²) in [5.74, 6) is 0. The van der Waals surface area contributed by atoms with E-state index >= 15 is 0 Å². The smallest absolute Gasteiger partial charge is 0.0377 e. The number of unbranched alkanes of at least 4 members (excludes halogenated alkanes) is 4. The summed E-state index contributed by atoms with van der Waals surface area (Å²) in [6, 6.07) is 0. The highest BCUT2D eigenvalue weighted by Crippen LogP contribution is 2.04. The lowest BCUT2D eigenvalue weighted by molar-refractivity contribution is 0.190. The van der Waals surface area contributed by atoms with Crippen LogP contribution in [0.1, 0.15) is 79.1 Å². The van der Waals surface area contributed by atoms with E-state index in [9.17, 15) is 0 Å². The van der Waals surface area contributed by atoms with Crippen molar-refractivity contribution < 1.29 is 0 Å². The first-order chi connectivity index (χ1) is 9.78. The zero-order valence-corrected chi connectivity index (χ0v) is 14.3. The van der Waals surface area contributed by atoms with Crippen LogP contribution < -0.4 is 0 Å². The standard InChI is InChI=1S/C16H36N4/c1-5-9-13-19(14-10-6-2)17-18-20(15-11-7-3)16-12-8-4/h5-16H2,1-4H3/b18-17-. The van der Waals surface area contributed by atoms with Crippen LogP contribution in [0, 0.1) is 0 Å². The molecule has 0 fully saturated rings. The quantitative estimate of drug-likeness (QED) is 0.329. The predicted molar refractivity (Wildman–Crippen MR) is 87.6 cm³/mol.